The van der Waals surface area contributed by atoms with Crippen molar-refractivity contribution in [3.63, 3.8) is 0 Å². The quantitative estimate of drug-likeness (QED) is 0.621. The molecular weight excluding hydrogens is 384 g/mol. The number of nitrogens with two attached hydrogens (primary N) is 1. The van der Waals surface area contributed by atoms with Crippen LogP contribution in [0.3, 0.4) is 0 Å². The minimum absolute atomic E-state index is 0.253. The number of benzene rings is 2. The number of nitrogen functional groups attached to an aromatic ring is 1. The van der Waals surface area contributed by atoms with Crippen LogP contribution < -0.4 is 10.6 Å². The lowest BCUT2D eigenvalue weighted by atomic mass is 9.83. The van der Waals surface area contributed by atoms with Crippen LogP contribution in [0.15, 0.2) is 54.6 Å². The minimum atomic E-state index is -0.946. The van der Waals surface area contributed by atoms with Crippen LogP contribution in [0.25, 0.3) is 0 Å². The zero-order valence-electron chi connectivity index (χ0n) is 16.9. The van der Waals surface area contributed by atoms with Crippen LogP contribution in [0.1, 0.15) is 25.7 Å². The van der Waals surface area contributed by atoms with Gasteiger partial charge in [-0.3, -0.25) is 0 Å². The Balaban J connectivity index is 1.55. The van der Waals surface area contributed by atoms with Gasteiger partial charge in [0, 0.05) is 5.69 Å². The first-order valence-electron chi connectivity index (χ1n) is 10.2. The first-order valence-corrected chi connectivity index (χ1v) is 10.2. The number of carbonyl (C=O) groups excluding carboxylic acids is 1. The number of rotatable bonds is 8. The van der Waals surface area contributed by atoms with Gasteiger partial charge in [0.1, 0.15) is 6.61 Å². The summed E-state index contributed by atoms with van der Waals surface area (Å²) >= 11 is 0. The highest BCUT2D eigenvalue weighted by Crippen LogP contribution is 2.31. The average Bonchev–Trinajstić information content (AvgIpc) is 2.74. The van der Waals surface area contributed by atoms with Gasteiger partial charge in [0.15, 0.2) is 0 Å². The molecular formula is C23H28N2O5. The Morgan fingerprint density at radius 1 is 0.933 bits per heavy atom. The molecule has 1 saturated carbocycles. The third kappa shape index (κ3) is 6.22. The predicted octanol–water partition coefficient (Wildman–Crippen LogP) is 4.45. The number of hydrogen-bond acceptors (Lipinski definition) is 5. The maximum atomic E-state index is 13.0. The Hall–Kier alpha value is -3.06. The van der Waals surface area contributed by atoms with E-state index in [2.05, 4.69) is 0 Å². The monoisotopic (exact) mass is 412 g/mol. The first-order chi connectivity index (χ1) is 14.5. The van der Waals surface area contributed by atoms with Gasteiger partial charge in [-0.25, -0.2) is 14.5 Å². The molecule has 7 nitrogen and oxygen atoms in total. The predicted molar refractivity (Wildman–Crippen MR) is 115 cm³/mol. The molecule has 0 atom stereocenters. The van der Waals surface area contributed by atoms with Crippen LogP contribution in [-0.4, -0.2) is 37.0 Å². The van der Waals surface area contributed by atoms with E-state index in [9.17, 15) is 9.59 Å². The Morgan fingerprint density at radius 2 is 1.57 bits per heavy atom. The van der Waals surface area contributed by atoms with Crippen LogP contribution >= 0.6 is 0 Å². The average molecular weight is 412 g/mol. The maximum Gasteiger partial charge on any atom is 0.418 e. The third-order valence-corrected chi connectivity index (χ3v) is 5.31. The van der Waals surface area contributed by atoms with Gasteiger partial charge in [-0.15, -0.1) is 0 Å². The largest absolute Gasteiger partial charge is 0.480 e. The molecule has 160 valence electrons. The number of anilines is 3. The molecule has 0 radical (unpaired) electrons. The standard InChI is InChI=1S/C23H28N2O5/c24-19-5-4-8-21(13-19)25(20-6-2-1-3-7-20)23(28)30-15-18-11-9-17(10-12-18)14-29-16-22(26)27/h1-8,13,17-18H,9-12,14-16,24H2,(H,26,27). The zero-order valence-corrected chi connectivity index (χ0v) is 16.9. The summed E-state index contributed by atoms with van der Waals surface area (Å²) in [7, 11) is 0. The number of carbonyl (C=O) groups is 2. The molecule has 0 aromatic heterocycles. The molecule has 0 spiro atoms. The van der Waals surface area contributed by atoms with Gasteiger partial charge in [-0.1, -0.05) is 24.3 Å². The number of ether oxygens (including phenoxy) is 2. The van der Waals surface area contributed by atoms with Crippen molar-refractivity contribution in [2.24, 2.45) is 11.8 Å². The fourth-order valence-corrected chi connectivity index (χ4v) is 3.73. The molecule has 3 N–H and O–H groups in total. The van der Waals surface area contributed by atoms with Crippen molar-refractivity contribution in [1.82, 2.24) is 0 Å². The molecule has 2 aromatic carbocycles. The normalized spacial score (nSPS) is 18.5. The molecule has 1 aliphatic carbocycles. The van der Waals surface area contributed by atoms with Crippen molar-refractivity contribution in [3.05, 3.63) is 54.6 Å². The van der Waals surface area contributed by atoms with Gasteiger partial charge >= 0.3 is 12.1 Å². The van der Waals surface area contributed by atoms with E-state index >= 15 is 0 Å². The molecule has 2 aromatic rings. The molecule has 0 heterocycles. The van der Waals surface area contributed by atoms with E-state index in [1.54, 1.807) is 12.1 Å². The van der Waals surface area contributed by atoms with Gasteiger partial charge < -0.3 is 20.3 Å². The van der Waals surface area contributed by atoms with Gasteiger partial charge in [0.25, 0.3) is 0 Å². The summed E-state index contributed by atoms with van der Waals surface area (Å²) in [6.45, 7) is 0.570. The van der Waals surface area contributed by atoms with E-state index < -0.39 is 12.1 Å². The number of carboxylic acid groups (broad SMARTS) is 1. The van der Waals surface area contributed by atoms with Crippen molar-refractivity contribution < 1.29 is 24.2 Å². The summed E-state index contributed by atoms with van der Waals surface area (Å²) in [5.74, 6) is -0.286. The maximum absolute atomic E-state index is 13.0. The van der Waals surface area contributed by atoms with E-state index in [1.165, 1.54) is 4.90 Å². The second-order valence-electron chi connectivity index (χ2n) is 7.64. The van der Waals surface area contributed by atoms with Crippen molar-refractivity contribution in [2.75, 3.05) is 30.5 Å². The number of nitrogens with zero attached hydrogens (tertiary/aromatic N) is 1. The number of hydrogen-bond donors (Lipinski definition) is 2. The highest BCUT2D eigenvalue weighted by Gasteiger charge is 2.25. The summed E-state index contributed by atoms with van der Waals surface area (Å²) in [4.78, 5) is 25.0. The van der Waals surface area contributed by atoms with Crippen molar-refractivity contribution in [3.8, 4) is 0 Å². The third-order valence-electron chi connectivity index (χ3n) is 5.31. The highest BCUT2D eigenvalue weighted by atomic mass is 16.6. The molecule has 0 unspecified atom stereocenters. The number of carboxylic acids is 1. The van der Waals surface area contributed by atoms with E-state index in [4.69, 9.17) is 20.3 Å². The van der Waals surface area contributed by atoms with Crippen LogP contribution in [0.4, 0.5) is 21.9 Å². The second kappa shape index (κ2) is 10.6. The summed E-state index contributed by atoms with van der Waals surface area (Å²) in [5, 5.41) is 8.65. The van der Waals surface area contributed by atoms with Gasteiger partial charge in [-0.05, 0) is 67.9 Å². The van der Waals surface area contributed by atoms with E-state index in [1.807, 2.05) is 42.5 Å². The van der Waals surface area contributed by atoms with Crippen molar-refractivity contribution in [2.45, 2.75) is 25.7 Å². The Labute approximate surface area is 176 Å². The zero-order chi connectivity index (χ0) is 21.3. The minimum Gasteiger partial charge on any atom is -0.480 e. The fourth-order valence-electron chi connectivity index (χ4n) is 3.73. The molecule has 3 rings (SSSR count). The Kier molecular flexibility index (Phi) is 7.68. The van der Waals surface area contributed by atoms with Crippen LogP contribution in [-0.2, 0) is 14.3 Å². The number of para-hydroxylation sites is 1. The SMILES string of the molecule is Nc1cccc(N(C(=O)OCC2CCC(COCC(=O)O)CC2)c2ccccc2)c1. The van der Waals surface area contributed by atoms with E-state index in [0.717, 1.165) is 25.7 Å². The lowest BCUT2D eigenvalue weighted by Gasteiger charge is -2.29. The van der Waals surface area contributed by atoms with Gasteiger partial charge in [-0.2, -0.15) is 0 Å². The van der Waals surface area contributed by atoms with Crippen molar-refractivity contribution >= 4 is 29.1 Å². The highest BCUT2D eigenvalue weighted by molar-refractivity contribution is 5.96. The van der Waals surface area contributed by atoms with Crippen LogP contribution in [0, 0.1) is 11.8 Å². The lowest BCUT2D eigenvalue weighted by molar-refractivity contribution is -0.142. The van der Waals surface area contributed by atoms with Gasteiger partial charge in [0.2, 0.25) is 0 Å². The molecule has 0 saturated heterocycles. The summed E-state index contributed by atoms with van der Waals surface area (Å²) in [6.07, 6.45) is 3.31. The smallest absolute Gasteiger partial charge is 0.418 e. The molecule has 30 heavy (non-hydrogen) atoms. The van der Waals surface area contributed by atoms with E-state index in [-0.39, 0.29) is 6.61 Å². The molecule has 0 aliphatic heterocycles. The topological polar surface area (TPSA) is 102 Å². The van der Waals surface area contributed by atoms with Gasteiger partial charge in [0.05, 0.1) is 24.6 Å². The Bertz CT molecular complexity index is 834. The molecule has 1 aliphatic rings. The summed E-state index contributed by atoms with van der Waals surface area (Å²) in [6, 6.07) is 16.5. The Morgan fingerprint density at radius 3 is 2.20 bits per heavy atom. The molecule has 0 bridgehead atoms. The summed E-state index contributed by atoms with van der Waals surface area (Å²) in [5.41, 5.74) is 7.85. The van der Waals surface area contributed by atoms with Crippen molar-refractivity contribution in [1.29, 1.82) is 0 Å². The number of aliphatic carboxylic acids is 1. The molecule has 1 fully saturated rings. The van der Waals surface area contributed by atoms with Crippen LogP contribution in [0.2, 0.25) is 0 Å². The first kappa shape index (κ1) is 21.6. The summed E-state index contributed by atoms with van der Waals surface area (Å²) < 4.78 is 10.9. The van der Waals surface area contributed by atoms with E-state index in [0.29, 0.717) is 42.1 Å². The lowest BCUT2D eigenvalue weighted by Crippen LogP contribution is -2.30. The van der Waals surface area contributed by atoms with Crippen LogP contribution in [0.5, 0.6) is 0 Å². The number of amides is 1. The second-order valence-corrected chi connectivity index (χ2v) is 7.64. The fraction of sp³-hybridized carbons (Fsp3) is 0.391. The molecule has 7 heteroatoms. The molecule has 1 amide bonds.